The molecule has 0 spiro atoms. The van der Waals surface area contributed by atoms with Gasteiger partial charge in [-0.25, -0.2) is 8.78 Å². The lowest BCUT2D eigenvalue weighted by Crippen LogP contribution is -2.17. The Labute approximate surface area is 116 Å². The van der Waals surface area contributed by atoms with Gasteiger partial charge in [0.05, 0.1) is 12.8 Å². The van der Waals surface area contributed by atoms with E-state index in [-0.39, 0.29) is 5.75 Å². The molecule has 0 unspecified atom stereocenters. The molecule has 108 valence electrons. The van der Waals surface area contributed by atoms with Crippen molar-refractivity contribution in [2.75, 3.05) is 14.2 Å². The first kappa shape index (κ1) is 14.5. The maximum absolute atomic E-state index is 13.6. The van der Waals surface area contributed by atoms with Gasteiger partial charge in [0.1, 0.15) is 0 Å². The van der Waals surface area contributed by atoms with Gasteiger partial charge >= 0.3 is 0 Å². The van der Waals surface area contributed by atoms with E-state index in [4.69, 9.17) is 0 Å². The minimum atomic E-state index is -0.688. The van der Waals surface area contributed by atoms with Crippen molar-refractivity contribution >= 4 is 0 Å². The first-order valence-corrected chi connectivity index (χ1v) is 6.21. The lowest BCUT2D eigenvalue weighted by Gasteiger charge is -2.16. The maximum atomic E-state index is 13.6. The number of methoxy groups -OCH3 is 1. The predicted octanol–water partition coefficient (Wildman–Crippen LogP) is 2.64. The number of ether oxygens (including phenoxy) is 1. The van der Waals surface area contributed by atoms with Crippen LogP contribution in [-0.2, 0) is 13.1 Å². The molecule has 1 aromatic carbocycles. The van der Waals surface area contributed by atoms with Crippen molar-refractivity contribution in [3.8, 4) is 5.75 Å². The number of H-pyrrole nitrogens is 1. The van der Waals surface area contributed by atoms with Crippen LogP contribution in [0.3, 0.4) is 0 Å². The third-order valence-electron chi connectivity index (χ3n) is 2.91. The minimum absolute atomic E-state index is 0.348. The van der Waals surface area contributed by atoms with Gasteiger partial charge in [-0.3, -0.25) is 10.00 Å². The Morgan fingerprint density at radius 3 is 2.35 bits per heavy atom. The van der Waals surface area contributed by atoms with E-state index < -0.39 is 11.6 Å². The van der Waals surface area contributed by atoms with E-state index in [1.165, 1.54) is 19.2 Å². The van der Waals surface area contributed by atoms with Crippen LogP contribution in [0.15, 0.2) is 18.2 Å². The number of benzene rings is 1. The van der Waals surface area contributed by atoms with Crippen molar-refractivity contribution in [3.63, 3.8) is 0 Å². The van der Waals surface area contributed by atoms with Crippen LogP contribution >= 0.6 is 0 Å². The van der Waals surface area contributed by atoms with E-state index in [1.54, 1.807) is 0 Å². The summed E-state index contributed by atoms with van der Waals surface area (Å²) in [6, 6.07) is 4.51. The lowest BCUT2D eigenvalue weighted by atomic mass is 10.2. The van der Waals surface area contributed by atoms with Gasteiger partial charge in [0, 0.05) is 18.8 Å². The summed E-state index contributed by atoms with van der Waals surface area (Å²) in [6.45, 7) is 2.94. The number of nitrogens with zero attached hydrogens (tertiary/aromatic N) is 2. The van der Waals surface area contributed by atoms with Crippen LogP contribution < -0.4 is 4.74 Å². The fourth-order valence-electron chi connectivity index (χ4n) is 2.10. The maximum Gasteiger partial charge on any atom is 0.190 e. The SMILES string of the molecule is COc1c(F)cc(CN(C)Cc2cc(C)[nH]n2)cc1F. The monoisotopic (exact) mass is 281 g/mol. The topological polar surface area (TPSA) is 41.1 Å². The second kappa shape index (κ2) is 6.00. The molecule has 0 bridgehead atoms. The van der Waals surface area contributed by atoms with Crippen LogP contribution in [0.5, 0.6) is 5.75 Å². The Bertz CT molecular complexity index is 575. The number of nitrogens with one attached hydrogen (secondary N) is 1. The number of aryl methyl sites for hydroxylation is 1. The normalized spacial score (nSPS) is 11.1. The van der Waals surface area contributed by atoms with Gasteiger partial charge in [-0.15, -0.1) is 0 Å². The predicted molar refractivity (Wildman–Crippen MR) is 71.4 cm³/mol. The zero-order valence-electron chi connectivity index (χ0n) is 11.7. The number of rotatable bonds is 5. The summed E-state index contributed by atoms with van der Waals surface area (Å²) in [5, 5.41) is 6.98. The van der Waals surface area contributed by atoms with Crippen molar-refractivity contribution in [1.29, 1.82) is 0 Å². The van der Waals surface area contributed by atoms with Crippen LogP contribution in [0.4, 0.5) is 8.78 Å². The largest absolute Gasteiger partial charge is 0.491 e. The molecule has 0 atom stereocenters. The fourth-order valence-corrected chi connectivity index (χ4v) is 2.10. The molecular weight excluding hydrogens is 264 g/mol. The molecule has 0 fully saturated rings. The van der Waals surface area contributed by atoms with E-state index in [0.29, 0.717) is 18.7 Å². The molecule has 1 aromatic heterocycles. The molecule has 0 radical (unpaired) electrons. The Hall–Kier alpha value is -1.95. The van der Waals surface area contributed by atoms with Gasteiger partial charge in [-0.2, -0.15) is 5.10 Å². The van der Waals surface area contributed by atoms with Gasteiger partial charge in [-0.1, -0.05) is 0 Å². The Morgan fingerprint density at radius 1 is 1.20 bits per heavy atom. The van der Waals surface area contributed by atoms with Crippen molar-refractivity contribution in [2.24, 2.45) is 0 Å². The zero-order valence-corrected chi connectivity index (χ0v) is 11.7. The van der Waals surface area contributed by atoms with E-state index in [0.717, 1.165) is 11.4 Å². The van der Waals surface area contributed by atoms with Crippen molar-refractivity contribution in [2.45, 2.75) is 20.0 Å². The Balaban J connectivity index is 2.06. The van der Waals surface area contributed by atoms with E-state index in [9.17, 15) is 8.78 Å². The Kier molecular flexibility index (Phi) is 4.34. The molecule has 2 aromatic rings. The molecule has 0 saturated heterocycles. The highest BCUT2D eigenvalue weighted by Gasteiger charge is 2.13. The second-order valence-corrected chi connectivity index (χ2v) is 4.81. The summed E-state index contributed by atoms with van der Waals surface area (Å²) >= 11 is 0. The van der Waals surface area contributed by atoms with E-state index >= 15 is 0 Å². The molecule has 1 N–H and O–H groups in total. The number of hydrogen-bond acceptors (Lipinski definition) is 3. The molecule has 0 amide bonds. The molecule has 2 rings (SSSR count). The third kappa shape index (κ3) is 3.33. The first-order valence-electron chi connectivity index (χ1n) is 6.21. The van der Waals surface area contributed by atoms with Gasteiger partial charge in [0.15, 0.2) is 17.4 Å². The average molecular weight is 281 g/mol. The van der Waals surface area contributed by atoms with E-state index in [2.05, 4.69) is 14.9 Å². The average Bonchev–Trinajstić information content (AvgIpc) is 2.74. The van der Waals surface area contributed by atoms with Crippen LogP contribution in [0.25, 0.3) is 0 Å². The Morgan fingerprint density at radius 2 is 1.85 bits per heavy atom. The standard InChI is InChI=1S/C14H17F2N3O/c1-9-4-11(18-17-9)8-19(2)7-10-5-12(15)14(20-3)13(16)6-10/h4-6H,7-8H2,1-3H3,(H,17,18). The minimum Gasteiger partial charge on any atom is -0.491 e. The van der Waals surface area contributed by atoms with Crippen LogP contribution in [-0.4, -0.2) is 29.3 Å². The highest BCUT2D eigenvalue weighted by atomic mass is 19.1. The van der Waals surface area contributed by atoms with Crippen molar-refractivity contribution in [1.82, 2.24) is 15.1 Å². The van der Waals surface area contributed by atoms with Crippen molar-refractivity contribution in [3.05, 3.63) is 46.8 Å². The molecule has 1 heterocycles. The molecule has 0 aliphatic carbocycles. The van der Waals surface area contributed by atoms with Crippen LogP contribution in [0.1, 0.15) is 17.0 Å². The summed E-state index contributed by atoms with van der Waals surface area (Å²) < 4.78 is 31.8. The van der Waals surface area contributed by atoms with Gasteiger partial charge in [0.2, 0.25) is 0 Å². The molecule has 0 aliphatic rings. The van der Waals surface area contributed by atoms with Crippen molar-refractivity contribution < 1.29 is 13.5 Å². The smallest absolute Gasteiger partial charge is 0.190 e. The number of aromatic nitrogens is 2. The van der Waals surface area contributed by atoms with Gasteiger partial charge in [0.25, 0.3) is 0 Å². The fraction of sp³-hybridized carbons (Fsp3) is 0.357. The zero-order chi connectivity index (χ0) is 14.7. The molecule has 4 nitrogen and oxygen atoms in total. The lowest BCUT2D eigenvalue weighted by molar-refractivity contribution is 0.311. The van der Waals surface area contributed by atoms with E-state index in [1.807, 2.05) is 24.9 Å². The molecule has 0 aliphatic heterocycles. The second-order valence-electron chi connectivity index (χ2n) is 4.81. The van der Waals surface area contributed by atoms with Gasteiger partial charge < -0.3 is 4.74 Å². The summed E-state index contributed by atoms with van der Waals surface area (Å²) in [5.74, 6) is -1.72. The molecular formula is C14H17F2N3O. The highest BCUT2D eigenvalue weighted by Crippen LogP contribution is 2.23. The molecule has 0 saturated carbocycles. The number of hydrogen-bond donors (Lipinski definition) is 1. The third-order valence-corrected chi connectivity index (χ3v) is 2.91. The van der Waals surface area contributed by atoms with Gasteiger partial charge in [-0.05, 0) is 37.7 Å². The number of aromatic amines is 1. The first-order chi connectivity index (χ1) is 9.49. The molecule has 20 heavy (non-hydrogen) atoms. The summed E-state index contributed by atoms with van der Waals surface area (Å²) in [7, 11) is 3.11. The van der Waals surface area contributed by atoms with Crippen LogP contribution in [0.2, 0.25) is 0 Å². The summed E-state index contributed by atoms with van der Waals surface area (Å²) in [5.41, 5.74) is 2.42. The number of halogens is 2. The quantitative estimate of drug-likeness (QED) is 0.916. The highest BCUT2D eigenvalue weighted by molar-refractivity contribution is 5.31. The van der Waals surface area contributed by atoms with Crippen LogP contribution in [0, 0.1) is 18.6 Å². The molecule has 6 heteroatoms. The summed E-state index contributed by atoms with van der Waals surface area (Å²) in [4.78, 5) is 1.93. The summed E-state index contributed by atoms with van der Waals surface area (Å²) in [6.07, 6.45) is 0.